The highest BCUT2D eigenvalue weighted by atomic mass is 16.1. The fourth-order valence-corrected chi connectivity index (χ4v) is 3.10. The van der Waals surface area contributed by atoms with Gasteiger partial charge >= 0.3 is 0 Å². The maximum absolute atomic E-state index is 12.4. The Morgan fingerprint density at radius 2 is 2.00 bits per heavy atom. The van der Waals surface area contributed by atoms with E-state index in [2.05, 4.69) is 13.8 Å². The molecular formula is C14H27NO. The number of Topliss-reactive ketones (excluding diaryl/α,β-unsaturated/α-hetero) is 1. The molecule has 0 radical (unpaired) electrons. The molecule has 2 nitrogen and oxygen atoms in total. The van der Waals surface area contributed by atoms with Crippen molar-refractivity contribution in [1.82, 2.24) is 0 Å². The van der Waals surface area contributed by atoms with Crippen LogP contribution in [0.4, 0.5) is 0 Å². The van der Waals surface area contributed by atoms with Crippen LogP contribution in [-0.2, 0) is 4.79 Å². The second-order valence-corrected chi connectivity index (χ2v) is 5.18. The van der Waals surface area contributed by atoms with Crippen molar-refractivity contribution in [1.29, 1.82) is 0 Å². The van der Waals surface area contributed by atoms with Gasteiger partial charge in [-0.05, 0) is 25.2 Å². The monoisotopic (exact) mass is 225 g/mol. The van der Waals surface area contributed by atoms with Crippen LogP contribution in [0.5, 0.6) is 0 Å². The Kier molecular flexibility index (Phi) is 6.04. The summed E-state index contributed by atoms with van der Waals surface area (Å²) in [5.41, 5.74) is 5.73. The summed E-state index contributed by atoms with van der Waals surface area (Å²) in [5, 5.41) is 0. The highest BCUT2D eigenvalue weighted by Crippen LogP contribution is 2.34. The predicted molar refractivity (Wildman–Crippen MR) is 68.2 cm³/mol. The van der Waals surface area contributed by atoms with E-state index >= 15 is 0 Å². The second kappa shape index (κ2) is 7.05. The molecule has 0 saturated heterocycles. The van der Waals surface area contributed by atoms with Crippen molar-refractivity contribution in [3.05, 3.63) is 0 Å². The van der Waals surface area contributed by atoms with Gasteiger partial charge in [0.1, 0.15) is 5.78 Å². The van der Waals surface area contributed by atoms with Gasteiger partial charge in [-0.3, -0.25) is 4.79 Å². The fraction of sp³-hybridized carbons (Fsp3) is 0.929. The van der Waals surface area contributed by atoms with Gasteiger partial charge in [0, 0.05) is 18.4 Å². The van der Waals surface area contributed by atoms with Crippen LogP contribution in [0.3, 0.4) is 0 Å². The van der Waals surface area contributed by atoms with Crippen LogP contribution in [0.25, 0.3) is 0 Å². The Morgan fingerprint density at radius 3 is 2.56 bits per heavy atom. The van der Waals surface area contributed by atoms with Crippen LogP contribution < -0.4 is 5.73 Å². The maximum atomic E-state index is 12.4. The SMILES string of the molecule is CCCC(CN)C(=O)C1CCCCC1CC. The molecule has 3 atom stereocenters. The van der Waals surface area contributed by atoms with Gasteiger partial charge in [-0.15, -0.1) is 0 Å². The molecule has 1 aliphatic carbocycles. The molecule has 1 rings (SSSR count). The zero-order chi connectivity index (χ0) is 12.0. The second-order valence-electron chi connectivity index (χ2n) is 5.18. The summed E-state index contributed by atoms with van der Waals surface area (Å²) in [6.45, 7) is 4.89. The van der Waals surface area contributed by atoms with E-state index in [-0.39, 0.29) is 5.92 Å². The number of carbonyl (C=O) groups is 1. The molecule has 0 aromatic heterocycles. The molecule has 0 heterocycles. The molecule has 2 N–H and O–H groups in total. The van der Waals surface area contributed by atoms with Gasteiger partial charge in [-0.1, -0.05) is 39.5 Å². The highest BCUT2D eigenvalue weighted by molar-refractivity contribution is 5.84. The molecule has 94 valence electrons. The van der Waals surface area contributed by atoms with Crippen LogP contribution in [0.1, 0.15) is 58.8 Å². The first-order valence-corrected chi connectivity index (χ1v) is 6.98. The summed E-state index contributed by atoms with van der Waals surface area (Å²) < 4.78 is 0. The van der Waals surface area contributed by atoms with Gasteiger partial charge in [-0.2, -0.15) is 0 Å². The van der Waals surface area contributed by atoms with Crippen molar-refractivity contribution in [3.8, 4) is 0 Å². The average molecular weight is 225 g/mol. The molecule has 1 saturated carbocycles. The van der Waals surface area contributed by atoms with Crippen LogP contribution in [0, 0.1) is 17.8 Å². The molecule has 0 bridgehead atoms. The lowest BCUT2D eigenvalue weighted by Crippen LogP contribution is -2.35. The van der Waals surface area contributed by atoms with Gasteiger partial charge in [0.05, 0.1) is 0 Å². The first-order valence-electron chi connectivity index (χ1n) is 6.98. The zero-order valence-corrected chi connectivity index (χ0v) is 10.9. The minimum atomic E-state index is 0.127. The van der Waals surface area contributed by atoms with E-state index in [0.29, 0.717) is 24.2 Å². The molecule has 0 aliphatic heterocycles. The van der Waals surface area contributed by atoms with Crippen molar-refractivity contribution in [3.63, 3.8) is 0 Å². The van der Waals surface area contributed by atoms with E-state index in [4.69, 9.17) is 5.73 Å². The Hall–Kier alpha value is -0.370. The lowest BCUT2D eigenvalue weighted by molar-refractivity contribution is -0.129. The lowest BCUT2D eigenvalue weighted by atomic mass is 9.72. The first kappa shape index (κ1) is 13.7. The van der Waals surface area contributed by atoms with Crippen molar-refractivity contribution in [2.24, 2.45) is 23.5 Å². The van der Waals surface area contributed by atoms with Crippen LogP contribution in [-0.4, -0.2) is 12.3 Å². The zero-order valence-electron chi connectivity index (χ0n) is 10.9. The van der Waals surface area contributed by atoms with E-state index in [0.717, 1.165) is 25.7 Å². The number of rotatable bonds is 6. The van der Waals surface area contributed by atoms with Gasteiger partial charge in [0.15, 0.2) is 0 Å². The van der Waals surface area contributed by atoms with Gasteiger partial charge in [0.2, 0.25) is 0 Å². The molecule has 0 aromatic carbocycles. The Labute approximate surface area is 100.0 Å². The minimum absolute atomic E-state index is 0.127. The van der Waals surface area contributed by atoms with Gasteiger partial charge in [-0.25, -0.2) is 0 Å². The maximum Gasteiger partial charge on any atom is 0.140 e. The third-order valence-electron chi connectivity index (χ3n) is 4.12. The van der Waals surface area contributed by atoms with Crippen LogP contribution >= 0.6 is 0 Å². The van der Waals surface area contributed by atoms with E-state index in [9.17, 15) is 4.79 Å². The average Bonchev–Trinajstić information content (AvgIpc) is 2.35. The molecule has 0 spiro atoms. The first-order chi connectivity index (χ1) is 7.74. The molecule has 3 unspecified atom stereocenters. The molecule has 2 heteroatoms. The Morgan fingerprint density at radius 1 is 1.31 bits per heavy atom. The molecule has 0 aromatic rings. The van der Waals surface area contributed by atoms with Crippen LogP contribution in [0.15, 0.2) is 0 Å². The Bertz CT molecular complexity index is 215. The summed E-state index contributed by atoms with van der Waals surface area (Å²) >= 11 is 0. The third kappa shape index (κ3) is 3.31. The predicted octanol–water partition coefficient (Wildman–Crippen LogP) is 3.15. The molecule has 0 amide bonds. The molecule has 1 fully saturated rings. The summed E-state index contributed by atoms with van der Waals surface area (Å²) in [7, 11) is 0. The summed E-state index contributed by atoms with van der Waals surface area (Å²) in [6.07, 6.45) is 8.09. The lowest BCUT2D eigenvalue weighted by Gasteiger charge is -2.32. The van der Waals surface area contributed by atoms with Gasteiger partial charge < -0.3 is 5.73 Å². The van der Waals surface area contributed by atoms with Crippen LogP contribution in [0.2, 0.25) is 0 Å². The number of hydrogen-bond acceptors (Lipinski definition) is 2. The Balaban J connectivity index is 2.61. The third-order valence-corrected chi connectivity index (χ3v) is 4.12. The van der Waals surface area contributed by atoms with E-state index in [1.807, 2.05) is 0 Å². The normalized spacial score (nSPS) is 27.7. The number of nitrogens with two attached hydrogens (primary N) is 1. The van der Waals surface area contributed by atoms with Crippen molar-refractivity contribution < 1.29 is 4.79 Å². The largest absolute Gasteiger partial charge is 0.330 e. The van der Waals surface area contributed by atoms with Gasteiger partial charge in [0.25, 0.3) is 0 Å². The summed E-state index contributed by atoms with van der Waals surface area (Å²) in [6, 6.07) is 0. The van der Waals surface area contributed by atoms with E-state index in [1.54, 1.807) is 0 Å². The topological polar surface area (TPSA) is 43.1 Å². The molecule has 16 heavy (non-hydrogen) atoms. The van der Waals surface area contributed by atoms with Crippen molar-refractivity contribution in [2.75, 3.05) is 6.54 Å². The standard InChI is InChI=1S/C14H27NO/c1-3-7-12(10-15)14(16)13-9-6-5-8-11(13)4-2/h11-13H,3-10,15H2,1-2H3. The number of carbonyl (C=O) groups excluding carboxylic acids is 1. The molecular weight excluding hydrogens is 198 g/mol. The minimum Gasteiger partial charge on any atom is -0.330 e. The van der Waals surface area contributed by atoms with Crippen molar-refractivity contribution in [2.45, 2.75) is 58.8 Å². The highest BCUT2D eigenvalue weighted by Gasteiger charge is 2.32. The summed E-state index contributed by atoms with van der Waals surface area (Å²) in [4.78, 5) is 12.4. The van der Waals surface area contributed by atoms with E-state index in [1.165, 1.54) is 19.3 Å². The number of hydrogen-bond donors (Lipinski definition) is 1. The molecule has 1 aliphatic rings. The number of ketones is 1. The smallest absolute Gasteiger partial charge is 0.140 e. The van der Waals surface area contributed by atoms with Crippen molar-refractivity contribution >= 4 is 5.78 Å². The van der Waals surface area contributed by atoms with E-state index < -0.39 is 0 Å². The summed E-state index contributed by atoms with van der Waals surface area (Å²) in [5.74, 6) is 1.55. The quantitative estimate of drug-likeness (QED) is 0.754. The fourth-order valence-electron chi connectivity index (χ4n) is 3.10.